The Morgan fingerprint density at radius 1 is 0.815 bits per heavy atom. The summed E-state index contributed by atoms with van der Waals surface area (Å²) in [5.41, 5.74) is 1.24. The predicted octanol–water partition coefficient (Wildman–Crippen LogP) is 7.89. The van der Waals surface area contributed by atoms with Crippen LogP contribution in [0.15, 0.2) is 23.8 Å². The van der Waals surface area contributed by atoms with Gasteiger partial charge in [0.2, 0.25) is 0 Å². The van der Waals surface area contributed by atoms with Crippen molar-refractivity contribution in [3.05, 3.63) is 23.8 Å². The number of allylic oxidation sites excluding steroid dienone is 2. The molecule has 0 aliphatic heterocycles. The van der Waals surface area contributed by atoms with Gasteiger partial charge in [-0.15, -0.1) is 0 Å². The van der Waals surface area contributed by atoms with Crippen molar-refractivity contribution < 1.29 is 10.2 Å². The highest BCUT2D eigenvalue weighted by Crippen LogP contribution is 2.33. The van der Waals surface area contributed by atoms with Gasteiger partial charge in [-0.1, -0.05) is 96.1 Å². The van der Waals surface area contributed by atoms with Gasteiger partial charge in [-0.25, -0.2) is 0 Å². The summed E-state index contributed by atoms with van der Waals surface area (Å²) in [7, 11) is 0. The fraction of sp³-hybridized carbons (Fsp3) is 0.750. The molecule has 0 aliphatic rings. The Kier molecular flexibility index (Phi) is 12.8. The minimum atomic E-state index is 0.0534. The van der Waals surface area contributed by atoms with Crippen molar-refractivity contribution in [1.29, 1.82) is 0 Å². The van der Waals surface area contributed by atoms with Crippen LogP contribution in [0.1, 0.15) is 117 Å². The molecule has 1 heterocycles. The maximum atomic E-state index is 10.0. The highest BCUT2D eigenvalue weighted by molar-refractivity contribution is 5.28. The van der Waals surface area contributed by atoms with Gasteiger partial charge in [0.15, 0.2) is 11.8 Å². The van der Waals surface area contributed by atoms with E-state index in [0.717, 1.165) is 19.3 Å². The third-order valence-corrected chi connectivity index (χ3v) is 5.55. The quantitative estimate of drug-likeness (QED) is 0.227. The number of unbranched alkanes of at least 4 members (excludes halogenated alkanes) is 11. The third kappa shape index (κ3) is 9.39. The Hall–Kier alpha value is -1.38. The number of hydrogen-bond donors (Lipinski definition) is 2. The number of aromatic nitrogens is 1. The van der Waals surface area contributed by atoms with Gasteiger partial charge in [-0.2, -0.15) is 0 Å². The summed E-state index contributed by atoms with van der Waals surface area (Å²) in [6, 6.07) is 3.18. The molecule has 0 aromatic carbocycles. The van der Waals surface area contributed by atoms with Crippen molar-refractivity contribution in [2.24, 2.45) is 0 Å². The van der Waals surface area contributed by atoms with E-state index in [4.69, 9.17) is 0 Å². The molecule has 0 amide bonds. The maximum absolute atomic E-state index is 10.0. The molecule has 0 saturated heterocycles. The lowest BCUT2D eigenvalue weighted by atomic mass is 10.0. The van der Waals surface area contributed by atoms with Gasteiger partial charge < -0.3 is 10.2 Å². The summed E-state index contributed by atoms with van der Waals surface area (Å²) in [5.74, 6) is 0.293. The number of rotatable bonds is 16. The van der Waals surface area contributed by atoms with Crippen LogP contribution in [-0.4, -0.2) is 14.8 Å². The molecule has 3 heteroatoms. The van der Waals surface area contributed by atoms with Gasteiger partial charge >= 0.3 is 0 Å². The minimum Gasteiger partial charge on any atom is -0.494 e. The molecule has 2 N–H and O–H groups in total. The smallest absolute Gasteiger partial charge is 0.194 e. The summed E-state index contributed by atoms with van der Waals surface area (Å²) in [6.45, 7) is 6.54. The number of hydrogen-bond acceptors (Lipinski definition) is 2. The molecule has 1 rings (SSSR count). The molecule has 1 aromatic rings. The lowest BCUT2D eigenvalue weighted by Gasteiger charge is -2.21. The summed E-state index contributed by atoms with van der Waals surface area (Å²) < 4.78 is 1.65. The molecular formula is C24H43NO2. The van der Waals surface area contributed by atoms with Crippen LogP contribution in [0.2, 0.25) is 0 Å². The van der Waals surface area contributed by atoms with Crippen LogP contribution >= 0.6 is 0 Å². The van der Waals surface area contributed by atoms with Gasteiger partial charge in [-0.3, -0.25) is 4.57 Å². The van der Waals surface area contributed by atoms with Gasteiger partial charge in [-0.05, 0) is 26.2 Å². The van der Waals surface area contributed by atoms with E-state index in [1.807, 2.05) is 0 Å². The first-order chi connectivity index (χ1) is 13.1. The van der Waals surface area contributed by atoms with Gasteiger partial charge in [0.05, 0.1) is 6.04 Å². The van der Waals surface area contributed by atoms with E-state index in [9.17, 15) is 10.2 Å². The lowest BCUT2D eigenvalue weighted by molar-refractivity contribution is 0.339. The number of nitrogens with zero attached hydrogens (tertiary/aromatic N) is 1. The Bertz CT molecular complexity index is 499. The number of aromatic hydroxyl groups is 2. The molecular weight excluding hydrogens is 334 g/mol. The van der Waals surface area contributed by atoms with Crippen LogP contribution < -0.4 is 0 Å². The molecule has 0 radical (unpaired) electrons. The molecule has 1 aromatic heterocycles. The Morgan fingerprint density at radius 2 is 1.30 bits per heavy atom. The average molecular weight is 378 g/mol. The zero-order chi connectivity index (χ0) is 19.9. The monoisotopic (exact) mass is 377 g/mol. The molecule has 0 saturated carbocycles. The standard InChI is InChI=1S/C24H43NO2/c1-4-6-7-8-9-10-11-12-13-14-15-16-18-21(3)22(17-5-2)25-23(26)19-20-24(25)27/h18-20,22,26-27H,4-17H2,1-3H3. The van der Waals surface area contributed by atoms with Crippen LogP contribution in [0.4, 0.5) is 0 Å². The summed E-state index contributed by atoms with van der Waals surface area (Å²) in [5, 5.41) is 20.1. The first-order valence-corrected chi connectivity index (χ1v) is 11.4. The third-order valence-electron chi connectivity index (χ3n) is 5.55. The van der Waals surface area contributed by atoms with E-state index < -0.39 is 0 Å². The van der Waals surface area contributed by atoms with Crippen molar-refractivity contribution in [3.8, 4) is 11.8 Å². The van der Waals surface area contributed by atoms with Crippen LogP contribution in [0, 0.1) is 0 Å². The van der Waals surface area contributed by atoms with E-state index in [1.165, 1.54) is 76.2 Å². The van der Waals surface area contributed by atoms with Crippen molar-refractivity contribution in [3.63, 3.8) is 0 Å². The van der Waals surface area contributed by atoms with E-state index >= 15 is 0 Å². The summed E-state index contributed by atoms with van der Waals surface area (Å²) in [4.78, 5) is 0. The highest BCUT2D eigenvalue weighted by Gasteiger charge is 2.18. The zero-order valence-electron chi connectivity index (χ0n) is 18.1. The predicted molar refractivity (Wildman–Crippen MR) is 117 cm³/mol. The van der Waals surface area contributed by atoms with Crippen LogP contribution in [0.3, 0.4) is 0 Å². The van der Waals surface area contributed by atoms with Gasteiger partial charge in [0.25, 0.3) is 0 Å². The van der Waals surface area contributed by atoms with Crippen molar-refractivity contribution in [2.75, 3.05) is 0 Å². The van der Waals surface area contributed by atoms with Gasteiger partial charge in [0, 0.05) is 12.1 Å². The largest absolute Gasteiger partial charge is 0.494 e. The molecule has 3 nitrogen and oxygen atoms in total. The van der Waals surface area contributed by atoms with E-state index in [1.54, 1.807) is 16.7 Å². The van der Waals surface area contributed by atoms with Crippen LogP contribution in [-0.2, 0) is 0 Å². The molecule has 1 unspecified atom stereocenters. The second kappa shape index (κ2) is 14.6. The highest BCUT2D eigenvalue weighted by atomic mass is 16.3. The molecule has 0 fully saturated rings. The van der Waals surface area contributed by atoms with Crippen molar-refractivity contribution >= 4 is 0 Å². The Morgan fingerprint density at radius 3 is 1.78 bits per heavy atom. The molecule has 27 heavy (non-hydrogen) atoms. The first kappa shape index (κ1) is 23.7. The van der Waals surface area contributed by atoms with E-state index in [-0.39, 0.29) is 17.8 Å². The normalized spacial score (nSPS) is 13.2. The maximum Gasteiger partial charge on any atom is 0.194 e. The Balaban J connectivity index is 2.21. The van der Waals surface area contributed by atoms with E-state index in [2.05, 4.69) is 26.8 Å². The van der Waals surface area contributed by atoms with E-state index in [0.29, 0.717) is 0 Å². The van der Waals surface area contributed by atoms with Crippen molar-refractivity contribution in [2.45, 2.75) is 117 Å². The molecule has 0 spiro atoms. The van der Waals surface area contributed by atoms with Crippen LogP contribution in [0.5, 0.6) is 11.8 Å². The summed E-state index contributed by atoms with van der Waals surface area (Å²) in [6.07, 6.45) is 20.4. The fourth-order valence-electron chi connectivity index (χ4n) is 3.85. The SMILES string of the molecule is CCCCCCCCCCCCCC=C(C)C(CCC)n1c(O)ccc1O. The van der Waals surface area contributed by atoms with Gasteiger partial charge in [0.1, 0.15) is 0 Å². The fourth-order valence-corrected chi connectivity index (χ4v) is 3.85. The molecule has 0 aliphatic carbocycles. The molecule has 156 valence electrons. The minimum absolute atomic E-state index is 0.0534. The lowest BCUT2D eigenvalue weighted by Crippen LogP contribution is -2.09. The Labute approximate surface area is 167 Å². The molecule has 1 atom stereocenters. The average Bonchev–Trinajstić information content (AvgIpc) is 2.99. The molecule has 0 bridgehead atoms. The topological polar surface area (TPSA) is 45.4 Å². The second-order valence-electron chi connectivity index (χ2n) is 8.00. The summed E-state index contributed by atoms with van der Waals surface area (Å²) >= 11 is 0. The zero-order valence-corrected chi connectivity index (χ0v) is 18.1. The van der Waals surface area contributed by atoms with Crippen molar-refractivity contribution in [1.82, 2.24) is 4.57 Å². The second-order valence-corrected chi connectivity index (χ2v) is 8.00. The van der Waals surface area contributed by atoms with Crippen LogP contribution in [0.25, 0.3) is 0 Å². The first-order valence-electron chi connectivity index (χ1n) is 11.4.